The number of halogens is 4. The van der Waals surface area contributed by atoms with E-state index in [1.165, 1.54) is 38.5 Å². The van der Waals surface area contributed by atoms with Crippen LogP contribution in [0, 0.1) is 0 Å². The molecule has 0 aliphatic heterocycles. The van der Waals surface area contributed by atoms with Crippen molar-refractivity contribution in [1.82, 2.24) is 18.5 Å². The van der Waals surface area contributed by atoms with Gasteiger partial charge in [-0.1, -0.05) is 18.9 Å². The van der Waals surface area contributed by atoms with E-state index in [4.69, 9.17) is 0 Å². The summed E-state index contributed by atoms with van der Waals surface area (Å²) in [7, 11) is 0. The number of quaternary nitrogens is 4. The number of hydrogen-bond donors (Lipinski definition) is 4. The van der Waals surface area contributed by atoms with Crippen molar-refractivity contribution in [3.05, 3.63) is 12.7 Å². The van der Waals surface area contributed by atoms with E-state index >= 15 is 0 Å². The van der Waals surface area contributed by atoms with E-state index in [9.17, 15) is 0 Å². The Morgan fingerprint density at radius 2 is 1.06 bits per heavy atom. The lowest BCUT2D eigenvalue weighted by Crippen LogP contribution is -3.00. The topological polar surface area (TPSA) is 137 Å². The molecule has 4 nitrogen and oxygen atoms in total. The lowest BCUT2D eigenvalue weighted by molar-refractivity contribution is -0.368. The number of rotatable bonds is 7. The highest BCUT2D eigenvalue weighted by Gasteiger charge is 1.87. The predicted molar refractivity (Wildman–Crippen MR) is 63.6 cm³/mol. The van der Waals surface area contributed by atoms with Crippen LogP contribution in [0.2, 0.25) is 0 Å². The van der Waals surface area contributed by atoms with Crippen molar-refractivity contribution < 1.29 is 55.4 Å². The third-order valence-electron chi connectivity index (χ3n) is 1.66. The molecule has 0 aliphatic carbocycles. The van der Waals surface area contributed by atoms with Gasteiger partial charge in [-0.25, -0.2) is 0 Å². The molecule has 0 aromatic rings. The van der Waals surface area contributed by atoms with Crippen molar-refractivity contribution in [2.45, 2.75) is 38.5 Å². The highest BCUT2D eigenvalue weighted by molar-refractivity contribution is 4.65. The van der Waals surface area contributed by atoms with E-state index in [1.807, 2.05) is 6.08 Å². The summed E-state index contributed by atoms with van der Waals surface area (Å²) in [5.41, 5.74) is 3.80. The summed E-state index contributed by atoms with van der Waals surface area (Å²) in [4.78, 5) is 0. The van der Waals surface area contributed by atoms with Crippen molar-refractivity contribution in [1.29, 1.82) is 0 Å². The summed E-state index contributed by atoms with van der Waals surface area (Å²) in [5.74, 6) is 0. The number of hydrogen-bond acceptors (Lipinski definition) is 0. The molecule has 8 heteroatoms. The Hall–Kier alpha value is 0.740. The molecule has 0 heterocycles. The summed E-state index contributed by atoms with van der Waals surface area (Å²) in [6.45, 7) is 4.78. The first-order chi connectivity index (χ1) is 4.91. The van der Waals surface area contributed by atoms with Crippen LogP contribution in [-0.4, -0.2) is 6.54 Å². The minimum absolute atomic E-state index is 0. The third-order valence-corrected chi connectivity index (χ3v) is 1.66. The van der Waals surface area contributed by atoms with Gasteiger partial charge in [0.25, 0.3) is 0 Å². The Morgan fingerprint density at radius 1 is 0.706 bits per heavy atom. The lowest BCUT2D eigenvalue weighted by Gasteiger charge is -1.95. The van der Waals surface area contributed by atoms with Gasteiger partial charge in [-0.15, -0.1) is 6.58 Å². The molecule has 0 rings (SSSR count). The van der Waals surface area contributed by atoms with E-state index in [0.717, 1.165) is 6.54 Å². The Kier molecular flexibility index (Phi) is 167. The Balaban J connectivity index is -0.0000000193. The van der Waals surface area contributed by atoms with E-state index in [0.29, 0.717) is 0 Å². The molecular formula is C9H32Cl4N4. The standard InChI is InChI=1S/C9H19N.4ClH.3H3N/c1-2-3-4-5-6-7-8-9-10;;;;;;;/h2H,1,3-10H2;4*1H;3*1H3. The smallest absolute Gasteiger partial charge is 0.0739 e. The monoisotopic (exact) mass is 336 g/mol. The molecule has 0 saturated carbocycles. The van der Waals surface area contributed by atoms with Gasteiger partial charge in [0.05, 0.1) is 6.54 Å². The van der Waals surface area contributed by atoms with E-state index < -0.39 is 0 Å². The van der Waals surface area contributed by atoms with Crippen LogP contribution < -0.4 is 73.8 Å². The molecule has 0 bridgehead atoms. The summed E-state index contributed by atoms with van der Waals surface area (Å²) in [5, 5.41) is 0. The average molecular weight is 338 g/mol. The predicted octanol–water partition coefficient (Wildman–Crippen LogP) is -9.10. The normalized spacial score (nSPS) is 5.71. The van der Waals surface area contributed by atoms with Crippen LogP contribution in [0.4, 0.5) is 0 Å². The molecular weight excluding hydrogens is 306 g/mol. The van der Waals surface area contributed by atoms with Crippen LogP contribution in [0.15, 0.2) is 12.7 Å². The van der Waals surface area contributed by atoms with Crippen LogP contribution in [0.3, 0.4) is 0 Å². The summed E-state index contributed by atoms with van der Waals surface area (Å²) in [6, 6.07) is 0. The van der Waals surface area contributed by atoms with Gasteiger partial charge >= 0.3 is 0 Å². The maximum Gasteiger partial charge on any atom is 0.0739 e. The van der Waals surface area contributed by atoms with Gasteiger partial charge < -0.3 is 73.8 Å². The van der Waals surface area contributed by atoms with E-state index in [-0.39, 0.29) is 68.1 Å². The fraction of sp³-hybridized carbons (Fsp3) is 0.778. The second kappa shape index (κ2) is 54.3. The van der Waals surface area contributed by atoms with Crippen molar-refractivity contribution in [3.8, 4) is 0 Å². The van der Waals surface area contributed by atoms with Gasteiger partial charge in [0.2, 0.25) is 0 Å². The lowest BCUT2D eigenvalue weighted by atomic mass is 10.1. The largest absolute Gasteiger partial charge is 1.00 e. The molecule has 0 fully saturated rings. The van der Waals surface area contributed by atoms with Crippen molar-refractivity contribution in [2.75, 3.05) is 6.54 Å². The second-order valence-corrected chi connectivity index (χ2v) is 2.70. The van der Waals surface area contributed by atoms with Gasteiger partial charge in [0, 0.05) is 0 Å². The van der Waals surface area contributed by atoms with Crippen molar-refractivity contribution in [2.24, 2.45) is 0 Å². The highest BCUT2D eigenvalue weighted by Crippen LogP contribution is 2.04. The molecule has 116 valence electrons. The van der Waals surface area contributed by atoms with Crippen LogP contribution in [0.5, 0.6) is 0 Å². The van der Waals surface area contributed by atoms with Gasteiger partial charge in [0.1, 0.15) is 0 Å². The first-order valence-electron chi connectivity index (χ1n) is 4.32. The fourth-order valence-corrected chi connectivity index (χ4v) is 0.996. The number of unbranched alkanes of at least 4 members (excludes halogenated alkanes) is 5. The van der Waals surface area contributed by atoms with E-state index in [1.54, 1.807) is 0 Å². The summed E-state index contributed by atoms with van der Waals surface area (Å²) >= 11 is 0. The maximum atomic E-state index is 3.80. The molecule has 0 amide bonds. The molecule has 0 aliphatic rings. The van der Waals surface area contributed by atoms with Crippen LogP contribution >= 0.6 is 0 Å². The van der Waals surface area contributed by atoms with Crippen molar-refractivity contribution >= 4 is 0 Å². The molecule has 0 atom stereocenters. The molecule has 17 heavy (non-hydrogen) atoms. The molecule has 0 saturated heterocycles. The Bertz CT molecular complexity index is 89.4. The molecule has 0 unspecified atom stereocenters. The van der Waals surface area contributed by atoms with Crippen LogP contribution in [0.1, 0.15) is 38.5 Å². The Morgan fingerprint density at radius 3 is 1.41 bits per heavy atom. The molecule has 0 aromatic carbocycles. The minimum Gasteiger partial charge on any atom is -1.00 e. The van der Waals surface area contributed by atoms with Gasteiger partial charge in [-0.3, -0.25) is 0 Å². The summed E-state index contributed by atoms with van der Waals surface area (Å²) in [6.07, 6.45) is 9.91. The SMILES string of the molecule is C=CCCCCCCC[NH3+].[Cl-].[Cl-].[Cl-].[Cl-].[NH4+].[NH4+].[NH4+]. The second-order valence-electron chi connectivity index (χ2n) is 2.70. The summed E-state index contributed by atoms with van der Waals surface area (Å²) < 4.78 is 0. The zero-order chi connectivity index (χ0) is 7.66. The fourth-order valence-electron chi connectivity index (χ4n) is 0.996. The maximum absolute atomic E-state index is 3.80. The Labute approximate surface area is 131 Å². The zero-order valence-electron chi connectivity index (χ0n) is 11.5. The third kappa shape index (κ3) is 60.7. The highest BCUT2D eigenvalue weighted by atomic mass is 35.5. The van der Waals surface area contributed by atoms with Crippen LogP contribution in [0.25, 0.3) is 0 Å². The number of allylic oxidation sites excluding steroid dienone is 1. The van der Waals surface area contributed by atoms with Crippen molar-refractivity contribution in [3.63, 3.8) is 0 Å². The average Bonchev–Trinajstić information content (AvgIpc) is 1.97. The zero-order valence-corrected chi connectivity index (χ0v) is 14.5. The van der Waals surface area contributed by atoms with E-state index in [2.05, 4.69) is 12.3 Å². The van der Waals surface area contributed by atoms with Gasteiger partial charge in [-0.05, 0) is 25.7 Å². The molecule has 0 spiro atoms. The minimum atomic E-state index is 0. The molecule has 15 N–H and O–H groups in total. The first kappa shape index (κ1) is 52.4. The quantitative estimate of drug-likeness (QED) is 0.259. The first-order valence-corrected chi connectivity index (χ1v) is 4.32. The van der Waals surface area contributed by atoms with Crippen LogP contribution in [-0.2, 0) is 0 Å². The molecule has 0 radical (unpaired) electrons. The molecule has 0 aromatic heterocycles. The van der Waals surface area contributed by atoms with Gasteiger partial charge in [0.15, 0.2) is 0 Å². The van der Waals surface area contributed by atoms with Gasteiger partial charge in [-0.2, -0.15) is 0 Å².